The summed E-state index contributed by atoms with van der Waals surface area (Å²) < 4.78 is 0. The van der Waals surface area contributed by atoms with Gasteiger partial charge in [-0.1, -0.05) is 55.8 Å². The first-order valence-electron chi connectivity index (χ1n) is 6.58. The summed E-state index contributed by atoms with van der Waals surface area (Å²) >= 11 is 0. The molecule has 96 valence electrons. The Labute approximate surface area is 111 Å². The van der Waals surface area contributed by atoms with Gasteiger partial charge in [0.05, 0.1) is 0 Å². The Kier molecular flexibility index (Phi) is 2.79. The van der Waals surface area contributed by atoms with Crippen molar-refractivity contribution in [1.29, 1.82) is 0 Å². The lowest BCUT2D eigenvalue weighted by atomic mass is 9.95. The van der Waals surface area contributed by atoms with Crippen LogP contribution in [0, 0.1) is 0 Å². The van der Waals surface area contributed by atoms with E-state index < -0.39 is 0 Å². The van der Waals surface area contributed by atoms with Crippen molar-refractivity contribution in [3.63, 3.8) is 0 Å². The number of aromatic hydroxyl groups is 2. The molecule has 0 spiro atoms. The van der Waals surface area contributed by atoms with Gasteiger partial charge < -0.3 is 10.2 Å². The van der Waals surface area contributed by atoms with Crippen molar-refractivity contribution in [2.24, 2.45) is 0 Å². The molecule has 0 radical (unpaired) electrons. The molecule has 0 bridgehead atoms. The molecule has 0 aliphatic carbocycles. The SMILES string of the molecule is CCCc1cccc2c(O)c3ccccc3c(O)c12. The topological polar surface area (TPSA) is 40.5 Å². The van der Waals surface area contributed by atoms with Crippen LogP contribution in [0.1, 0.15) is 18.9 Å². The third-order valence-electron chi connectivity index (χ3n) is 3.60. The van der Waals surface area contributed by atoms with E-state index in [9.17, 15) is 10.2 Å². The zero-order valence-electron chi connectivity index (χ0n) is 10.9. The maximum absolute atomic E-state index is 10.5. The zero-order chi connectivity index (χ0) is 13.4. The maximum Gasteiger partial charge on any atom is 0.131 e. The summed E-state index contributed by atoms with van der Waals surface area (Å²) in [5, 5.41) is 23.8. The molecule has 3 aromatic rings. The number of phenolic OH excluding ortho intramolecular Hbond substituents is 2. The van der Waals surface area contributed by atoms with Gasteiger partial charge in [0.1, 0.15) is 11.5 Å². The van der Waals surface area contributed by atoms with Crippen LogP contribution >= 0.6 is 0 Å². The Bertz CT molecular complexity index is 760. The number of hydrogen-bond acceptors (Lipinski definition) is 2. The summed E-state index contributed by atoms with van der Waals surface area (Å²) in [6.45, 7) is 2.11. The minimum absolute atomic E-state index is 0.251. The molecule has 3 rings (SSSR count). The number of phenols is 2. The van der Waals surface area contributed by atoms with Crippen molar-refractivity contribution < 1.29 is 10.2 Å². The third-order valence-corrected chi connectivity index (χ3v) is 3.60. The zero-order valence-corrected chi connectivity index (χ0v) is 10.9. The molecule has 0 fully saturated rings. The van der Waals surface area contributed by atoms with E-state index >= 15 is 0 Å². The average molecular weight is 252 g/mol. The molecular formula is C17H16O2. The van der Waals surface area contributed by atoms with Crippen LogP contribution in [0.15, 0.2) is 42.5 Å². The van der Waals surface area contributed by atoms with Gasteiger partial charge in [-0.2, -0.15) is 0 Å². The molecule has 0 aliphatic heterocycles. The number of hydrogen-bond donors (Lipinski definition) is 2. The van der Waals surface area contributed by atoms with Crippen molar-refractivity contribution >= 4 is 21.5 Å². The Hall–Kier alpha value is -2.22. The molecule has 0 unspecified atom stereocenters. The largest absolute Gasteiger partial charge is 0.507 e. The fraction of sp³-hybridized carbons (Fsp3) is 0.176. The third kappa shape index (κ3) is 1.72. The maximum atomic E-state index is 10.5. The van der Waals surface area contributed by atoms with E-state index in [1.54, 1.807) is 0 Å². The highest BCUT2D eigenvalue weighted by atomic mass is 16.3. The monoisotopic (exact) mass is 252 g/mol. The van der Waals surface area contributed by atoms with Gasteiger partial charge >= 0.3 is 0 Å². The van der Waals surface area contributed by atoms with Crippen LogP contribution in [0.3, 0.4) is 0 Å². The Balaban J connectivity index is 2.52. The summed E-state index contributed by atoms with van der Waals surface area (Å²) in [5.74, 6) is 0.522. The fourth-order valence-electron chi connectivity index (χ4n) is 2.73. The van der Waals surface area contributed by atoms with E-state index in [0.717, 1.165) is 29.2 Å². The van der Waals surface area contributed by atoms with Crippen LogP contribution in [-0.2, 0) is 6.42 Å². The number of benzene rings is 3. The van der Waals surface area contributed by atoms with E-state index in [1.807, 2.05) is 42.5 Å². The Morgan fingerprint density at radius 3 is 2.11 bits per heavy atom. The molecule has 0 atom stereocenters. The van der Waals surface area contributed by atoms with Crippen molar-refractivity contribution in [1.82, 2.24) is 0 Å². The Morgan fingerprint density at radius 2 is 1.42 bits per heavy atom. The molecule has 0 saturated heterocycles. The molecule has 0 saturated carbocycles. The summed E-state index contributed by atoms with van der Waals surface area (Å²) in [4.78, 5) is 0. The van der Waals surface area contributed by atoms with Crippen LogP contribution in [-0.4, -0.2) is 10.2 Å². The first-order chi connectivity index (χ1) is 9.24. The second-order valence-electron chi connectivity index (χ2n) is 4.83. The number of fused-ring (bicyclic) bond motifs is 2. The van der Waals surface area contributed by atoms with Gasteiger partial charge in [-0.05, 0) is 12.0 Å². The lowest BCUT2D eigenvalue weighted by molar-refractivity contribution is 0.478. The van der Waals surface area contributed by atoms with Gasteiger partial charge in [0.25, 0.3) is 0 Å². The predicted molar refractivity (Wildman–Crippen MR) is 78.8 cm³/mol. The highest BCUT2D eigenvalue weighted by Gasteiger charge is 2.14. The van der Waals surface area contributed by atoms with Crippen LogP contribution in [0.5, 0.6) is 11.5 Å². The molecule has 2 heteroatoms. The number of aryl methyl sites for hydroxylation is 1. The summed E-state index contributed by atoms with van der Waals surface area (Å²) in [6, 6.07) is 13.2. The summed E-state index contributed by atoms with van der Waals surface area (Å²) in [7, 11) is 0. The van der Waals surface area contributed by atoms with E-state index in [-0.39, 0.29) is 11.5 Å². The fourth-order valence-corrected chi connectivity index (χ4v) is 2.73. The molecule has 3 aromatic carbocycles. The molecule has 2 N–H and O–H groups in total. The van der Waals surface area contributed by atoms with E-state index in [4.69, 9.17) is 0 Å². The van der Waals surface area contributed by atoms with Crippen LogP contribution in [0.25, 0.3) is 21.5 Å². The van der Waals surface area contributed by atoms with E-state index in [1.165, 1.54) is 0 Å². The van der Waals surface area contributed by atoms with Crippen LogP contribution in [0.2, 0.25) is 0 Å². The smallest absolute Gasteiger partial charge is 0.131 e. The summed E-state index contributed by atoms with van der Waals surface area (Å²) in [5.41, 5.74) is 1.08. The van der Waals surface area contributed by atoms with Gasteiger partial charge in [-0.25, -0.2) is 0 Å². The molecule has 0 aromatic heterocycles. The molecule has 2 nitrogen and oxygen atoms in total. The first kappa shape index (κ1) is 11.8. The second-order valence-corrected chi connectivity index (χ2v) is 4.83. The van der Waals surface area contributed by atoms with Gasteiger partial charge in [-0.3, -0.25) is 0 Å². The highest BCUT2D eigenvalue weighted by molar-refractivity contribution is 6.11. The van der Waals surface area contributed by atoms with E-state index in [2.05, 4.69) is 6.92 Å². The number of rotatable bonds is 2. The van der Waals surface area contributed by atoms with Crippen LogP contribution < -0.4 is 0 Å². The Morgan fingerprint density at radius 1 is 0.789 bits per heavy atom. The predicted octanol–water partition coefficient (Wildman–Crippen LogP) is 4.36. The second kappa shape index (κ2) is 4.47. The van der Waals surface area contributed by atoms with Crippen molar-refractivity contribution in [3.8, 4) is 11.5 Å². The lowest BCUT2D eigenvalue weighted by Crippen LogP contribution is -1.88. The molecule has 0 aliphatic rings. The van der Waals surface area contributed by atoms with E-state index in [0.29, 0.717) is 10.8 Å². The lowest BCUT2D eigenvalue weighted by Gasteiger charge is -2.12. The highest BCUT2D eigenvalue weighted by Crippen LogP contribution is 2.42. The molecular weight excluding hydrogens is 236 g/mol. The van der Waals surface area contributed by atoms with Gasteiger partial charge in [0, 0.05) is 21.5 Å². The first-order valence-corrected chi connectivity index (χ1v) is 6.58. The minimum Gasteiger partial charge on any atom is -0.507 e. The minimum atomic E-state index is 0.251. The van der Waals surface area contributed by atoms with Gasteiger partial charge in [0.15, 0.2) is 0 Å². The quantitative estimate of drug-likeness (QED) is 0.525. The summed E-state index contributed by atoms with van der Waals surface area (Å²) in [6.07, 6.45) is 1.90. The normalized spacial score (nSPS) is 11.2. The van der Waals surface area contributed by atoms with Gasteiger partial charge in [0.2, 0.25) is 0 Å². The average Bonchev–Trinajstić information content (AvgIpc) is 2.45. The van der Waals surface area contributed by atoms with Gasteiger partial charge in [-0.15, -0.1) is 0 Å². The van der Waals surface area contributed by atoms with Crippen molar-refractivity contribution in [2.75, 3.05) is 0 Å². The van der Waals surface area contributed by atoms with Crippen molar-refractivity contribution in [2.45, 2.75) is 19.8 Å². The molecule has 0 heterocycles. The molecule has 0 amide bonds. The van der Waals surface area contributed by atoms with Crippen LogP contribution in [0.4, 0.5) is 0 Å². The van der Waals surface area contributed by atoms with Crippen molar-refractivity contribution in [3.05, 3.63) is 48.0 Å². The molecule has 19 heavy (non-hydrogen) atoms. The standard InChI is InChI=1S/C17H16O2/c1-2-6-11-7-5-10-14-15(11)17(19)13-9-4-3-8-12(13)16(14)18/h3-5,7-10,18-19H,2,6H2,1H3.